The van der Waals surface area contributed by atoms with Gasteiger partial charge in [-0.1, -0.05) is 0 Å². The second kappa shape index (κ2) is 6.80. The van der Waals surface area contributed by atoms with E-state index in [2.05, 4.69) is 15.4 Å². The van der Waals surface area contributed by atoms with E-state index in [0.29, 0.717) is 13.0 Å². The van der Waals surface area contributed by atoms with Gasteiger partial charge in [-0.25, -0.2) is 4.79 Å². The number of ether oxygens (including phenoxy) is 2. The van der Waals surface area contributed by atoms with Crippen molar-refractivity contribution in [3.8, 4) is 0 Å². The number of halogens is 1. The molecule has 1 aliphatic heterocycles. The Morgan fingerprint density at radius 2 is 1.94 bits per heavy atom. The summed E-state index contributed by atoms with van der Waals surface area (Å²) in [4.78, 5) is 22.7. The summed E-state index contributed by atoms with van der Waals surface area (Å²) in [6.45, 7) is 5.95. The molecule has 6 nitrogen and oxygen atoms in total. The van der Waals surface area contributed by atoms with Gasteiger partial charge in [0.15, 0.2) is 0 Å². The van der Waals surface area contributed by atoms with Crippen LogP contribution in [0.15, 0.2) is 0 Å². The molecular weight excluding hydrogens is 260 g/mol. The zero-order chi connectivity index (χ0) is 13.1. The second-order valence-corrected chi connectivity index (χ2v) is 5.06. The molecule has 0 aromatic carbocycles. The van der Waals surface area contributed by atoms with E-state index in [-0.39, 0.29) is 30.5 Å². The number of hydrogen-bond acceptors (Lipinski definition) is 5. The molecule has 0 saturated carbocycles. The van der Waals surface area contributed by atoms with Crippen LogP contribution in [0, 0.1) is 0 Å². The molecule has 2 atom stereocenters. The zero-order valence-corrected chi connectivity index (χ0v) is 11.9. The fourth-order valence-electron chi connectivity index (χ4n) is 1.64. The molecule has 0 aromatic rings. The van der Waals surface area contributed by atoms with Crippen LogP contribution in [-0.4, -0.2) is 43.4 Å². The standard InChI is InChI=1S/C11H20N2O4.ClH/c1-11(2,3)17-10(15)13-7-5-8(12-6-7)9(14)16-4;/h7-8,12H,5-6H2,1-4H3,(H,13,15);1H/t7-,8+;/m0./s1. The molecule has 0 unspecified atom stereocenters. The Kier molecular flexibility index (Phi) is 6.42. The molecule has 0 radical (unpaired) electrons. The Morgan fingerprint density at radius 3 is 2.44 bits per heavy atom. The summed E-state index contributed by atoms with van der Waals surface area (Å²) < 4.78 is 9.75. The summed E-state index contributed by atoms with van der Waals surface area (Å²) in [5.41, 5.74) is -0.516. The minimum Gasteiger partial charge on any atom is -0.468 e. The maximum atomic E-state index is 11.5. The van der Waals surface area contributed by atoms with Gasteiger partial charge in [0, 0.05) is 12.6 Å². The minimum absolute atomic E-state index is 0. The first-order valence-corrected chi connectivity index (χ1v) is 5.62. The lowest BCUT2D eigenvalue weighted by atomic mass is 10.2. The van der Waals surface area contributed by atoms with Crippen LogP contribution in [0.3, 0.4) is 0 Å². The fraction of sp³-hybridized carbons (Fsp3) is 0.818. The maximum Gasteiger partial charge on any atom is 0.407 e. The number of rotatable bonds is 2. The van der Waals surface area contributed by atoms with Crippen molar-refractivity contribution in [2.24, 2.45) is 0 Å². The molecule has 106 valence electrons. The van der Waals surface area contributed by atoms with Crippen molar-refractivity contribution in [2.75, 3.05) is 13.7 Å². The van der Waals surface area contributed by atoms with Gasteiger partial charge in [-0.05, 0) is 27.2 Å². The Balaban J connectivity index is 0.00000289. The second-order valence-electron chi connectivity index (χ2n) is 5.06. The summed E-state index contributed by atoms with van der Waals surface area (Å²) in [5.74, 6) is -0.307. The average Bonchev–Trinajstić information content (AvgIpc) is 2.62. The van der Waals surface area contributed by atoms with E-state index in [1.165, 1.54) is 7.11 Å². The predicted octanol–water partition coefficient (Wildman–Crippen LogP) is 0.836. The van der Waals surface area contributed by atoms with E-state index in [0.717, 1.165) is 0 Å². The number of nitrogens with one attached hydrogen (secondary N) is 2. The van der Waals surface area contributed by atoms with E-state index in [1.807, 2.05) is 0 Å². The van der Waals surface area contributed by atoms with Crippen LogP contribution < -0.4 is 10.6 Å². The Labute approximate surface area is 113 Å². The summed E-state index contributed by atoms with van der Waals surface area (Å²) in [6.07, 6.45) is 0.0566. The number of carbonyl (C=O) groups is 2. The molecule has 1 saturated heterocycles. The van der Waals surface area contributed by atoms with Crippen molar-refractivity contribution < 1.29 is 19.1 Å². The van der Waals surface area contributed by atoms with Crippen molar-refractivity contribution in [1.82, 2.24) is 10.6 Å². The van der Waals surface area contributed by atoms with Crippen LogP contribution in [0.5, 0.6) is 0 Å². The first-order chi connectivity index (χ1) is 7.81. The van der Waals surface area contributed by atoms with Crippen LogP contribution in [-0.2, 0) is 14.3 Å². The summed E-state index contributed by atoms with van der Waals surface area (Å²) in [5, 5.41) is 5.69. The highest BCUT2D eigenvalue weighted by Gasteiger charge is 2.31. The normalized spacial score (nSPS) is 22.9. The lowest BCUT2D eigenvalue weighted by Crippen LogP contribution is -2.40. The van der Waals surface area contributed by atoms with Gasteiger partial charge in [0.2, 0.25) is 0 Å². The Morgan fingerprint density at radius 1 is 1.33 bits per heavy atom. The molecule has 0 spiro atoms. The molecule has 1 heterocycles. The number of esters is 1. The van der Waals surface area contributed by atoms with E-state index >= 15 is 0 Å². The number of alkyl carbamates (subject to hydrolysis) is 1. The predicted molar refractivity (Wildman–Crippen MR) is 68.8 cm³/mol. The van der Waals surface area contributed by atoms with Crippen molar-refractivity contribution in [2.45, 2.75) is 44.9 Å². The highest BCUT2D eigenvalue weighted by molar-refractivity contribution is 5.85. The van der Waals surface area contributed by atoms with Gasteiger partial charge in [-0.2, -0.15) is 0 Å². The zero-order valence-electron chi connectivity index (χ0n) is 11.1. The van der Waals surface area contributed by atoms with Crippen LogP contribution in [0.1, 0.15) is 27.2 Å². The molecular formula is C11H21ClN2O4. The van der Waals surface area contributed by atoms with Gasteiger partial charge in [-0.3, -0.25) is 4.79 Å². The van der Waals surface area contributed by atoms with Crippen LogP contribution in [0.2, 0.25) is 0 Å². The monoisotopic (exact) mass is 280 g/mol. The smallest absolute Gasteiger partial charge is 0.407 e. The third-order valence-corrected chi connectivity index (χ3v) is 2.34. The van der Waals surface area contributed by atoms with Gasteiger partial charge < -0.3 is 20.1 Å². The third-order valence-electron chi connectivity index (χ3n) is 2.34. The van der Waals surface area contributed by atoms with Gasteiger partial charge >= 0.3 is 12.1 Å². The number of carbonyl (C=O) groups excluding carboxylic acids is 2. The minimum atomic E-state index is -0.516. The van der Waals surface area contributed by atoms with Crippen molar-refractivity contribution >= 4 is 24.5 Å². The highest BCUT2D eigenvalue weighted by Crippen LogP contribution is 2.10. The molecule has 0 bridgehead atoms. The molecule has 7 heteroatoms. The van der Waals surface area contributed by atoms with Crippen LogP contribution in [0.25, 0.3) is 0 Å². The topological polar surface area (TPSA) is 76.7 Å². The Bertz CT molecular complexity index is 304. The lowest BCUT2D eigenvalue weighted by molar-refractivity contribution is -0.142. The van der Waals surface area contributed by atoms with Crippen LogP contribution >= 0.6 is 12.4 Å². The molecule has 1 aliphatic rings. The van der Waals surface area contributed by atoms with E-state index in [9.17, 15) is 9.59 Å². The highest BCUT2D eigenvalue weighted by atomic mass is 35.5. The number of amides is 1. The first-order valence-electron chi connectivity index (χ1n) is 5.62. The quantitative estimate of drug-likeness (QED) is 0.733. The molecule has 0 aliphatic carbocycles. The summed E-state index contributed by atoms with van der Waals surface area (Å²) >= 11 is 0. The third kappa shape index (κ3) is 5.55. The average molecular weight is 281 g/mol. The molecule has 0 aromatic heterocycles. The fourth-order valence-corrected chi connectivity index (χ4v) is 1.64. The molecule has 1 fully saturated rings. The molecule has 1 amide bonds. The van der Waals surface area contributed by atoms with E-state index < -0.39 is 11.7 Å². The maximum absolute atomic E-state index is 11.5. The number of hydrogen-bond donors (Lipinski definition) is 2. The van der Waals surface area contributed by atoms with E-state index in [4.69, 9.17) is 4.74 Å². The van der Waals surface area contributed by atoms with Gasteiger partial charge in [0.1, 0.15) is 11.6 Å². The van der Waals surface area contributed by atoms with Crippen molar-refractivity contribution in [3.63, 3.8) is 0 Å². The molecule has 2 N–H and O–H groups in total. The van der Waals surface area contributed by atoms with Crippen molar-refractivity contribution in [3.05, 3.63) is 0 Å². The Hall–Kier alpha value is -1.01. The largest absolute Gasteiger partial charge is 0.468 e. The van der Waals surface area contributed by atoms with E-state index in [1.54, 1.807) is 20.8 Å². The van der Waals surface area contributed by atoms with Gasteiger partial charge in [-0.15, -0.1) is 12.4 Å². The van der Waals surface area contributed by atoms with Crippen LogP contribution in [0.4, 0.5) is 4.79 Å². The first kappa shape index (κ1) is 17.0. The van der Waals surface area contributed by atoms with Gasteiger partial charge in [0.25, 0.3) is 0 Å². The SMILES string of the molecule is COC(=O)[C@H]1C[C@H](NC(=O)OC(C)(C)C)CN1.Cl. The molecule has 1 rings (SSSR count). The van der Waals surface area contributed by atoms with Gasteiger partial charge in [0.05, 0.1) is 7.11 Å². The lowest BCUT2D eigenvalue weighted by Gasteiger charge is -2.21. The summed E-state index contributed by atoms with van der Waals surface area (Å²) in [7, 11) is 1.35. The van der Waals surface area contributed by atoms with Crippen molar-refractivity contribution in [1.29, 1.82) is 0 Å². The molecule has 18 heavy (non-hydrogen) atoms. The number of methoxy groups -OCH3 is 1. The summed E-state index contributed by atoms with van der Waals surface area (Å²) in [6, 6.07) is -0.450.